The number of aryl methyl sites for hydroxylation is 2. The van der Waals surface area contributed by atoms with Crippen LogP contribution >= 0.6 is 0 Å². The van der Waals surface area contributed by atoms with E-state index in [0.29, 0.717) is 6.54 Å². The molecule has 0 aliphatic heterocycles. The first-order valence-corrected chi connectivity index (χ1v) is 9.77. The van der Waals surface area contributed by atoms with Crippen molar-refractivity contribution >= 4 is 5.91 Å². The Hall–Kier alpha value is -2.33. The molecular weight excluding hydrogens is 336 g/mol. The van der Waals surface area contributed by atoms with Gasteiger partial charge in [-0.1, -0.05) is 30.3 Å². The summed E-state index contributed by atoms with van der Waals surface area (Å²) in [5.74, 6) is 0.897. The quantitative estimate of drug-likeness (QED) is 0.808. The average Bonchev–Trinajstić information content (AvgIpc) is 2.68. The Bertz CT molecular complexity index is 770. The van der Waals surface area contributed by atoms with Gasteiger partial charge < -0.3 is 10.1 Å². The Balaban J connectivity index is 1.51. The second kappa shape index (κ2) is 9.05. The summed E-state index contributed by atoms with van der Waals surface area (Å²) in [5, 5.41) is 3.14. The molecule has 0 saturated carbocycles. The highest BCUT2D eigenvalue weighted by Gasteiger charge is 2.15. The van der Waals surface area contributed by atoms with Crippen molar-refractivity contribution in [3.05, 3.63) is 64.7 Å². The number of nitrogens with one attached hydrogen (secondary N) is 1. The van der Waals surface area contributed by atoms with Crippen LogP contribution in [-0.4, -0.2) is 31.5 Å². The number of amides is 1. The van der Waals surface area contributed by atoms with Crippen molar-refractivity contribution in [3.63, 3.8) is 0 Å². The van der Waals surface area contributed by atoms with Gasteiger partial charge in [0.2, 0.25) is 5.91 Å². The molecule has 0 fully saturated rings. The van der Waals surface area contributed by atoms with E-state index in [1.807, 2.05) is 36.2 Å². The third-order valence-corrected chi connectivity index (χ3v) is 5.28. The smallest absolute Gasteiger partial charge is 0.234 e. The number of hydrogen-bond acceptors (Lipinski definition) is 3. The Morgan fingerprint density at radius 3 is 2.52 bits per heavy atom. The molecule has 0 radical (unpaired) electrons. The Morgan fingerprint density at radius 1 is 1.11 bits per heavy atom. The van der Waals surface area contributed by atoms with Crippen LogP contribution in [0.3, 0.4) is 0 Å². The van der Waals surface area contributed by atoms with E-state index in [1.165, 1.54) is 36.0 Å². The fourth-order valence-electron chi connectivity index (χ4n) is 3.74. The van der Waals surface area contributed by atoms with Crippen LogP contribution in [-0.2, 0) is 24.2 Å². The highest BCUT2D eigenvalue weighted by molar-refractivity contribution is 5.78. The largest absolute Gasteiger partial charge is 0.497 e. The van der Waals surface area contributed by atoms with Crippen LogP contribution in [0.5, 0.6) is 5.75 Å². The molecule has 4 heteroatoms. The van der Waals surface area contributed by atoms with Gasteiger partial charge in [0.25, 0.3) is 0 Å². The molecule has 3 rings (SSSR count). The van der Waals surface area contributed by atoms with Crippen LogP contribution in [0, 0.1) is 0 Å². The monoisotopic (exact) mass is 366 g/mol. The third-order valence-electron chi connectivity index (χ3n) is 5.28. The number of hydrogen-bond donors (Lipinski definition) is 1. The molecule has 1 aliphatic carbocycles. The summed E-state index contributed by atoms with van der Waals surface area (Å²) in [4.78, 5) is 14.5. The molecule has 0 bridgehead atoms. The molecule has 1 atom stereocenters. The van der Waals surface area contributed by atoms with Gasteiger partial charge in [0.05, 0.1) is 19.7 Å². The minimum atomic E-state index is 0.0270. The number of methoxy groups -OCH3 is 1. The van der Waals surface area contributed by atoms with Crippen LogP contribution in [0.1, 0.15) is 48.1 Å². The molecule has 2 aromatic rings. The Morgan fingerprint density at radius 2 is 1.81 bits per heavy atom. The maximum absolute atomic E-state index is 12.4. The van der Waals surface area contributed by atoms with Crippen LogP contribution in [0.2, 0.25) is 0 Å². The molecule has 0 saturated heterocycles. The maximum Gasteiger partial charge on any atom is 0.234 e. The summed E-state index contributed by atoms with van der Waals surface area (Å²) in [5.41, 5.74) is 5.29. The van der Waals surface area contributed by atoms with Crippen LogP contribution < -0.4 is 10.1 Å². The lowest BCUT2D eigenvalue weighted by Gasteiger charge is -2.21. The predicted molar refractivity (Wildman–Crippen MR) is 109 cm³/mol. The Labute approximate surface area is 162 Å². The molecule has 0 heterocycles. The first-order valence-electron chi connectivity index (χ1n) is 9.77. The number of carbonyl (C=O) groups is 1. The van der Waals surface area contributed by atoms with Crippen molar-refractivity contribution in [2.45, 2.75) is 45.2 Å². The molecule has 0 spiro atoms. The zero-order valence-corrected chi connectivity index (χ0v) is 16.6. The molecule has 0 unspecified atom stereocenters. The van der Waals surface area contributed by atoms with E-state index in [0.717, 1.165) is 24.3 Å². The summed E-state index contributed by atoms with van der Waals surface area (Å²) in [6.45, 7) is 3.16. The molecule has 27 heavy (non-hydrogen) atoms. The van der Waals surface area contributed by atoms with E-state index in [1.54, 1.807) is 7.11 Å². The first kappa shape index (κ1) is 19.4. The Kier molecular flexibility index (Phi) is 6.51. The van der Waals surface area contributed by atoms with Gasteiger partial charge in [-0.05, 0) is 74.0 Å². The third kappa shape index (κ3) is 5.33. The van der Waals surface area contributed by atoms with E-state index in [-0.39, 0.29) is 11.9 Å². The topological polar surface area (TPSA) is 41.6 Å². The fourth-order valence-corrected chi connectivity index (χ4v) is 3.74. The zero-order chi connectivity index (χ0) is 19.2. The summed E-state index contributed by atoms with van der Waals surface area (Å²) in [6, 6.07) is 14.7. The highest BCUT2D eigenvalue weighted by atomic mass is 16.5. The van der Waals surface area contributed by atoms with Crippen LogP contribution in [0.4, 0.5) is 0 Å². The number of fused-ring (bicyclic) bond motifs is 1. The van der Waals surface area contributed by atoms with Crippen molar-refractivity contribution in [1.82, 2.24) is 10.2 Å². The van der Waals surface area contributed by atoms with Gasteiger partial charge in [-0.3, -0.25) is 9.69 Å². The fraction of sp³-hybridized carbons (Fsp3) is 0.435. The van der Waals surface area contributed by atoms with Gasteiger partial charge in [0, 0.05) is 6.54 Å². The van der Waals surface area contributed by atoms with Gasteiger partial charge in [-0.15, -0.1) is 0 Å². The molecule has 4 nitrogen and oxygen atoms in total. The lowest BCUT2D eigenvalue weighted by Crippen LogP contribution is -2.36. The molecule has 1 aliphatic rings. The van der Waals surface area contributed by atoms with Crippen molar-refractivity contribution in [3.8, 4) is 5.75 Å². The summed E-state index contributed by atoms with van der Waals surface area (Å²) < 4.78 is 5.18. The molecule has 1 amide bonds. The summed E-state index contributed by atoms with van der Waals surface area (Å²) in [6.07, 6.45) is 4.91. The average molecular weight is 367 g/mol. The lowest BCUT2D eigenvalue weighted by molar-refractivity contribution is -0.122. The number of likely N-dealkylation sites (N-methyl/N-ethyl adjacent to an activating group) is 1. The minimum absolute atomic E-state index is 0.0270. The van der Waals surface area contributed by atoms with Gasteiger partial charge in [0.15, 0.2) is 0 Å². The van der Waals surface area contributed by atoms with E-state index in [9.17, 15) is 4.79 Å². The number of carbonyl (C=O) groups excluding carboxylic acids is 1. The molecular formula is C23H30N2O2. The van der Waals surface area contributed by atoms with Gasteiger partial charge in [0.1, 0.15) is 5.75 Å². The maximum atomic E-state index is 12.4. The number of nitrogens with zero attached hydrogens (tertiary/aromatic N) is 1. The lowest BCUT2D eigenvalue weighted by atomic mass is 9.89. The first-order chi connectivity index (χ1) is 13.0. The number of ether oxygens (including phenoxy) is 1. The summed E-state index contributed by atoms with van der Waals surface area (Å²) >= 11 is 0. The van der Waals surface area contributed by atoms with E-state index >= 15 is 0 Å². The van der Waals surface area contributed by atoms with Crippen molar-refractivity contribution < 1.29 is 9.53 Å². The van der Waals surface area contributed by atoms with E-state index in [4.69, 9.17) is 4.74 Å². The normalized spacial score (nSPS) is 14.5. The predicted octanol–water partition coefficient (Wildman–Crippen LogP) is 3.88. The summed E-state index contributed by atoms with van der Waals surface area (Å²) in [7, 11) is 3.63. The van der Waals surface area contributed by atoms with Gasteiger partial charge >= 0.3 is 0 Å². The van der Waals surface area contributed by atoms with Crippen molar-refractivity contribution in [2.24, 2.45) is 0 Å². The molecule has 0 aromatic heterocycles. The van der Waals surface area contributed by atoms with Crippen molar-refractivity contribution in [2.75, 3.05) is 20.7 Å². The second-order valence-electron chi connectivity index (χ2n) is 7.54. The van der Waals surface area contributed by atoms with Crippen LogP contribution in [0.15, 0.2) is 42.5 Å². The van der Waals surface area contributed by atoms with Gasteiger partial charge in [-0.2, -0.15) is 0 Å². The molecule has 1 N–H and O–H groups in total. The van der Waals surface area contributed by atoms with Gasteiger partial charge in [-0.25, -0.2) is 0 Å². The molecule has 2 aromatic carbocycles. The minimum Gasteiger partial charge on any atom is -0.497 e. The number of benzene rings is 2. The number of rotatable bonds is 7. The zero-order valence-electron chi connectivity index (χ0n) is 16.6. The van der Waals surface area contributed by atoms with E-state index in [2.05, 4.69) is 30.4 Å². The van der Waals surface area contributed by atoms with Crippen LogP contribution in [0.25, 0.3) is 0 Å². The highest BCUT2D eigenvalue weighted by Crippen LogP contribution is 2.24. The van der Waals surface area contributed by atoms with E-state index < -0.39 is 0 Å². The second-order valence-corrected chi connectivity index (χ2v) is 7.54. The van der Waals surface area contributed by atoms with Crippen molar-refractivity contribution in [1.29, 1.82) is 0 Å². The molecule has 144 valence electrons. The standard InChI is InChI=1S/C23H30N2O2/c1-17(20-11-10-19-6-4-5-7-21(19)14-20)24-23(26)16-25(2)15-18-8-12-22(27-3)13-9-18/h8-14,17H,4-7,15-16H2,1-3H3,(H,24,26)/t17-/m1/s1. The SMILES string of the molecule is COc1ccc(CN(C)CC(=O)N[C@H](C)c2ccc3c(c2)CCCC3)cc1.